The van der Waals surface area contributed by atoms with Gasteiger partial charge in [0.05, 0.1) is 6.61 Å². The van der Waals surface area contributed by atoms with Crippen LogP contribution in [0.25, 0.3) is 11.1 Å². The van der Waals surface area contributed by atoms with E-state index in [1.54, 1.807) is 6.92 Å². The average molecular weight is 338 g/mol. The van der Waals surface area contributed by atoms with Crippen molar-refractivity contribution in [3.05, 3.63) is 54.1 Å². The second kappa shape index (κ2) is 10.7. The van der Waals surface area contributed by atoms with E-state index >= 15 is 0 Å². The molecule has 0 atom stereocenters. The molecule has 0 saturated carbocycles. The Balaban J connectivity index is 1.73. The van der Waals surface area contributed by atoms with Gasteiger partial charge in [0, 0.05) is 5.56 Å². The Hall–Kier alpha value is -2.09. The van der Waals surface area contributed by atoms with E-state index in [-0.39, 0.29) is 5.78 Å². The summed E-state index contributed by atoms with van der Waals surface area (Å²) in [5, 5.41) is 0. The normalized spacial score (nSPS) is 10.6. The molecule has 0 aliphatic rings. The molecular formula is C23H30O2. The van der Waals surface area contributed by atoms with Crippen LogP contribution in [0.3, 0.4) is 0 Å². The summed E-state index contributed by atoms with van der Waals surface area (Å²) in [4.78, 5) is 11.3. The third-order valence-electron chi connectivity index (χ3n) is 4.50. The fourth-order valence-corrected chi connectivity index (χ4v) is 2.89. The summed E-state index contributed by atoms with van der Waals surface area (Å²) in [6.07, 6.45) is 9.08. The number of hydrogen-bond acceptors (Lipinski definition) is 2. The van der Waals surface area contributed by atoms with Crippen LogP contribution in [-0.2, 0) is 0 Å². The van der Waals surface area contributed by atoms with Crippen molar-refractivity contribution in [2.45, 2.75) is 58.8 Å². The monoisotopic (exact) mass is 338 g/mol. The lowest BCUT2D eigenvalue weighted by atomic mass is 10.0. The maximum Gasteiger partial charge on any atom is 0.159 e. The van der Waals surface area contributed by atoms with Crippen LogP contribution in [0.1, 0.15) is 69.2 Å². The fourth-order valence-electron chi connectivity index (χ4n) is 2.89. The van der Waals surface area contributed by atoms with Crippen LogP contribution >= 0.6 is 0 Å². The predicted octanol–water partition coefficient (Wildman–Crippen LogP) is 6.69. The van der Waals surface area contributed by atoms with Crippen LogP contribution < -0.4 is 4.74 Å². The van der Waals surface area contributed by atoms with Crippen molar-refractivity contribution in [1.29, 1.82) is 0 Å². The molecule has 2 rings (SSSR count). The van der Waals surface area contributed by atoms with Crippen molar-refractivity contribution >= 4 is 5.78 Å². The lowest BCUT2D eigenvalue weighted by Gasteiger charge is -2.08. The Morgan fingerprint density at radius 2 is 1.28 bits per heavy atom. The molecule has 2 aromatic carbocycles. The molecule has 0 saturated heterocycles. The summed E-state index contributed by atoms with van der Waals surface area (Å²) in [5.74, 6) is 1.02. The topological polar surface area (TPSA) is 26.3 Å². The highest BCUT2D eigenvalue weighted by molar-refractivity contribution is 5.94. The van der Waals surface area contributed by atoms with Crippen molar-refractivity contribution in [2.24, 2.45) is 0 Å². The standard InChI is InChI=1S/C23H30O2/c1-3-4-5-6-7-8-9-18-25-23-16-14-22(15-17-23)21-12-10-20(11-13-21)19(2)24/h10-17H,3-9,18H2,1-2H3. The molecule has 0 fully saturated rings. The molecule has 0 aliphatic carbocycles. The summed E-state index contributed by atoms with van der Waals surface area (Å²) in [7, 11) is 0. The van der Waals surface area contributed by atoms with Crippen molar-refractivity contribution in [3.63, 3.8) is 0 Å². The van der Waals surface area contributed by atoms with Gasteiger partial charge < -0.3 is 4.74 Å². The van der Waals surface area contributed by atoms with Gasteiger partial charge in [0.25, 0.3) is 0 Å². The first-order valence-electron chi connectivity index (χ1n) is 9.55. The number of carbonyl (C=O) groups excluding carboxylic acids is 1. The quantitative estimate of drug-likeness (QED) is 0.337. The van der Waals surface area contributed by atoms with Gasteiger partial charge >= 0.3 is 0 Å². The first-order chi connectivity index (χ1) is 12.2. The maximum absolute atomic E-state index is 11.3. The minimum absolute atomic E-state index is 0.0978. The molecule has 0 radical (unpaired) electrons. The molecule has 2 aromatic rings. The molecule has 0 spiro atoms. The SMILES string of the molecule is CCCCCCCCCOc1ccc(-c2ccc(C(C)=O)cc2)cc1. The van der Waals surface area contributed by atoms with Crippen molar-refractivity contribution < 1.29 is 9.53 Å². The number of ketones is 1. The minimum Gasteiger partial charge on any atom is -0.494 e. The third kappa shape index (κ3) is 6.74. The third-order valence-corrected chi connectivity index (χ3v) is 4.50. The second-order valence-electron chi connectivity index (χ2n) is 6.63. The second-order valence-corrected chi connectivity index (χ2v) is 6.63. The number of benzene rings is 2. The van der Waals surface area contributed by atoms with Gasteiger partial charge in [-0.2, -0.15) is 0 Å². The minimum atomic E-state index is 0.0978. The van der Waals surface area contributed by atoms with E-state index in [4.69, 9.17) is 4.74 Å². The van der Waals surface area contributed by atoms with Crippen molar-refractivity contribution in [3.8, 4) is 16.9 Å². The van der Waals surface area contributed by atoms with Crippen molar-refractivity contribution in [2.75, 3.05) is 6.61 Å². The van der Waals surface area contributed by atoms with Crippen LogP contribution in [0.5, 0.6) is 5.75 Å². The molecular weight excluding hydrogens is 308 g/mol. The van der Waals surface area contributed by atoms with E-state index in [9.17, 15) is 4.79 Å². The summed E-state index contributed by atoms with van der Waals surface area (Å²) < 4.78 is 5.83. The van der Waals surface area contributed by atoms with Gasteiger partial charge in [0.15, 0.2) is 5.78 Å². The molecule has 0 bridgehead atoms. The highest BCUT2D eigenvalue weighted by Gasteiger charge is 2.02. The first kappa shape index (κ1) is 19.2. The molecule has 0 aliphatic heterocycles. The number of Topliss-reactive ketones (excluding diaryl/α,β-unsaturated/α-hetero) is 1. The molecule has 25 heavy (non-hydrogen) atoms. The largest absolute Gasteiger partial charge is 0.494 e. The van der Waals surface area contributed by atoms with Crippen LogP contribution in [0.4, 0.5) is 0 Å². The lowest BCUT2D eigenvalue weighted by Crippen LogP contribution is -1.97. The highest BCUT2D eigenvalue weighted by atomic mass is 16.5. The first-order valence-corrected chi connectivity index (χ1v) is 9.55. The Morgan fingerprint density at radius 3 is 1.84 bits per heavy atom. The Labute approximate surface area is 152 Å². The van der Waals surface area contributed by atoms with Gasteiger partial charge in [-0.05, 0) is 36.6 Å². The molecule has 0 aromatic heterocycles. The zero-order valence-corrected chi connectivity index (χ0v) is 15.6. The summed E-state index contributed by atoms with van der Waals surface area (Å²) in [6.45, 7) is 4.63. The zero-order valence-electron chi connectivity index (χ0n) is 15.6. The van der Waals surface area contributed by atoms with Gasteiger partial charge in [0.1, 0.15) is 5.75 Å². The molecule has 2 heteroatoms. The summed E-state index contributed by atoms with van der Waals surface area (Å²) in [6, 6.07) is 15.9. The van der Waals surface area contributed by atoms with Gasteiger partial charge in [-0.1, -0.05) is 81.8 Å². The van der Waals surface area contributed by atoms with E-state index in [0.717, 1.165) is 35.5 Å². The van der Waals surface area contributed by atoms with E-state index in [0.29, 0.717) is 0 Å². The number of unbranched alkanes of at least 4 members (excludes halogenated alkanes) is 6. The van der Waals surface area contributed by atoms with Crippen LogP contribution in [0, 0.1) is 0 Å². The van der Waals surface area contributed by atoms with E-state index in [1.807, 2.05) is 36.4 Å². The predicted molar refractivity (Wildman–Crippen MR) is 105 cm³/mol. The van der Waals surface area contributed by atoms with Crippen LogP contribution in [-0.4, -0.2) is 12.4 Å². The molecule has 0 amide bonds. The zero-order chi connectivity index (χ0) is 17.9. The molecule has 134 valence electrons. The Bertz CT molecular complexity index is 626. The number of carbonyl (C=O) groups is 1. The molecule has 0 N–H and O–H groups in total. The Kier molecular flexibility index (Phi) is 8.24. The van der Waals surface area contributed by atoms with E-state index < -0.39 is 0 Å². The highest BCUT2D eigenvalue weighted by Crippen LogP contribution is 2.23. The summed E-state index contributed by atoms with van der Waals surface area (Å²) in [5.41, 5.74) is 3.00. The molecule has 0 unspecified atom stereocenters. The van der Waals surface area contributed by atoms with Gasteiger partial charge in [-0.25, -0.2) is 0 Å². The number of ether oxygens (including phenoxy) is 1. The van der Waals surface area contributed by atoms with Gasteiger partial charge in [0.2, 0.25) is 0 Å². The van der Waals surface area contributed by atoms with Gasteiger partial charge in [-0.15, -0.1) is 0 Å². The summed E-state index contributed by atoms with van der Waals surface area (Å²) >= 11 is 0. The smallest absolute Gasteiger partial charge is 0.159 e. The fraction of sp³-hybridized carbons (Fsp3) is 0.435. The molecule has 0 heterocycles. The molecule has 2 nitrogen and oxygen atoms in total. The van der Waals surface area contributed by atoms with Crippen molar-refractivity contribution in [1.82, 2.24) is 0 Å². The van der Waals surface area contributed by atoms with Crippen LogP contribution in [0.2, 0.25) is 0 Å². The maximum atomic E-state index is 11.3. The number of rotatable bonds is 11. The lowest BCUT2D eigenvalue weighted by molar-refractivity contribution is 0.101. The number of hydrogen-bond donors (Lipinski definition) is 0. The Morgan fingerprint density at radius 1 is 0.760 bits per heavy atom. The van der Waals surface area contributed by atoms with Crippen LogP contribution in [0.15, 0.2) is 48.5 Å². The average Bonchev–Trinajstić information content (AvgIpc) is 2.64. The van der Waals surface area contributed by atoms with E-state index in [2.05, 4.69) is 19.1 Å². The van der Waals surface area contributed by atoms with Gasteiger partial charge in [-0.3, -0.25) is 4.79 Å². The van der Waals surface area contributed by atoms with E-state index in [1.165, 1.54) is 38.5 Å².